The SMILES string of the molecule is CCN(Cc1cccc2c1OCCO2)C(=O)c1ccc2c(c1)C(=O)c1ccccc1-2. The van der Waals surface area contributed by atoms with Crippen LogP contribution < -0.4 is 9.47 Å². The molecule has 0 bridgehead atoms. The molecule has 1 amide bonds. The van der Waals surface area contributed by atoms with Crippen molar-refractivity contribution in [2.24, 2.45) is 0 Å². The molecule has 0 radical (unpaired) electrons. The number of hydrogen-bond acceptors (Lipinski definition) is 4. The van der Waals surface area contributed by atoms with Gasteiger partial charge in [0.2, 0.25) is 0 Å². The van der Waals surface area contributed by atoms with Crippen molar-refractivity contribution in [2.45, 2.75) is 13.5 Å². The van der Waals surface area contributed by atoms with E-state index in [2.05, 4.69) is 0 Å². The maximum absolute atomic E-state index is 13.3. The van der Waals surface area contributed by atoms with Gasteiger partial charge < -0.3 is 14.4 Å². The van der Waals surface area contributed by atoms with E-state index in [1.807, 2.05) is 55.5 Å². The number of rotatable bonds is 4. The predicted octanol–water partition coefficient (Wildman–Crippen LogP) is 4.33. The van der Waals surface area contributed by atoms with E-state index in [1.165, 1.54) is 0 Å². The number of hydrogen-bond donors (Lipinski definition) is 0. The molecule has 2 aliphatic rings. The van der Waals surface area contributed by atoms with Crippen molar-refractivity contribution in [1.29, 1.82) is 0 Å². The van der Waals surface area contributed by atoms with Crippen LogP contribution in [0.1, 0.15) is 38.8 Å². The van der Waals surface area contributed by atoms with Crippen molar-refractivity contribution >= 4 is 11.7 Å². The minimum Gasteiger partial charge on any atom is -0.486 e. The number of amides is 1. The number of ketones is 1. The van der Waals surface area contributed by atoms with Crippen molar-refractivity contribution in [3.63, 3.8) is 0 Å². The van der Waals surface area contributed by atoms with Gasteiger partial charge in [-0.3, -0.25) is 9.59 Å². The van der Waals surface area contributed by atoms with Crippen LogP contribution in [0.4, 0.5) is 0 Å². The van der Waals surface area contributed by atoms with E-state index in [0.717, 1.165) is 16.7 Å². The lowest BCUT2D eigenvalue weighted by Crippen LogP contribution is -2.31. The maximum atomic E-state index is 13.3. The second-order valence-electron chi connectivity index (χ2n) is 7.40. The van der Waals surface area contributed by atoms with E-state index in [4.69, 9.17) is 9.47 Å². The lowest BCUT2D eigenvalue weighted by atomic mass is 10.0. The fraction of sp³-hybridized carbons (Fsp3) is 0.200. The molecule has 3 aromatic carbocycles. The topological polar surface area (TPSA) is 55.8 Å². The van der Waals surface area contributed by atoms with Gasteiger partial charge in [0.05, 0.1) is 0 Å². The fourth-order valence-corrected chi connectivity index (χ4v) is 4.14. The standard InChI is InChI=1S/C25H21NO4/c1-2-26(15-17-6-5-9-22-24(17)30-13-12-29-22)25(28)16-10-11-19-18-7-3-4-8-20(18)23(27)21(19)14-16/h3-11,14H,2,12-13,15H2,1H3. The molecule has 0 N–H and O–H groups in total. The first-order valence-electron chi connectivity index (χ1n) is 10.1. The lowest BCUT2D eigenvalue weighted by Gasteiger charge is -2.25. The Labute approximate surface area is 174 Å². The molecular weight excluding hydrogens is 378 g/mol. The number of fused-ring (bicyclic) bond motifs is 4. The highest BCUT2D eigenvalue weighted by molar-refractivity contribution is 6.22. The highest BCUT2D eigenvalue weighted by atomic mass is 16.6. The summed E-state index contributed by atoms with van der Waals surface area (Å²) in [5.41, 5.74) is 4.52. The summed E-state index contributed by atoms with van der Waals surface area (Å²) in [6, 6.07) is 18.7. The predicted molar refractivity (Wildman–Crippen MR) is 113 cm³/mol. The number of para-hydroxylation sites is 1. The molecular formula is C25H21NO4. The van der Waals surface area contributed by atoms with Crippen LogP contribution in [0.3, 0.4) is 0 Å². The van der Waals surface area contributed by atoms with Crippen molar-refractivity contribution in [3.8, 4) is 22.6 Å². The Kier molecular flexibility index (Phi) is 4.51. The van der Waals surface area contributed by atoms with Gasteiger partial charge >= 0.3 is 0 Å². The molecule has 5 nitrogen and oxygen atoms in total. The minimum absolute atomic E-state index is 0.0269. The molecule has 0 aromatic heterocycles. The quantitative estimate of drug-likeness (QED) is 0.513. The Morgan fingerprint density at radius 3 is 2.50 bits per heavy atom. The van der Waals surface area contributed by atoms with Gasteiger partial charge in [-0.2, -0.15) is 0 Å². The van der Waals surface area contributed by atoms with Crippen molar-refractivity contribution in [2.75, 3.05) is 19.8 Å². The number of nitrogens with zero attached hydrogens (tertiary/aromatic N) is 1. The van der Waals surface area contributed by atoms with Crippen LogP contribution in [0.2, 0.25) is 0 Å². The van der Waals surface area contributed by atoms with Gasteiger partial charge in [0.25, 0.3) is 5.91 Å². The number of ether oxygens (including phenoxy) is 2. The third-order valence-electron chi connectivity index (χ3n) is 5.65. The third-order valence-corrected chi connectivity index (χ3v) is 5.65. The molecule has 0 spiro atoms. The molecule has 1 aliphatic carbocycles. The van der Waals surface area contributed by atoms with E-state index in [9.17, 15) is 9.59 Å². The van der Waals surface area contributed by atoms with Gasteiger partial charge in [-0.15, -0.1) is 0 Å². The Hall–Kier alpha value is -3.60. The maximum Gasteiger partial charge on any atom is 0.254 e. The summed E-state index contributed by atoms with van der Waals surface area (Å²) in [5, 5.41) is 0. The Morgan fingerprint density at radius 2 is 1.67 bits per heavy atom. The highest BCUT2D eigenvalue weighted by Gasteiger charge is 2.28. The Balaban J connectivity index is 1.44. The van der Waals surface area contributed by atoms with Gasteiger partial charge in [-0.1, -0.05) is 42.5 Å². The molecule has 5 rings (SSSR count). The van der Waals surface area contributed by atoms with Crippen LogP contribution in [-0.4, -0.2) is 36.3 Å². The van der Waals surface area contributed by atoms with Gasteiger partial charge in [-0.25, -0.2) is 0 Å². The minimum atomic E-state index is -0.113. The van der Waals surface area contributed by atoms with Crippen LogP contribution >= 0.6 is 0 Å². The van der Waals surface area contributed by atoms with Crippen LogP contribution in [0.25, 0.3) is 11.1 Å². The lowest BCUT2D eigenvalue weighted by molar-refractivity contribution is 0.0749. The van der Waals surface area contributed by atoms with Crippen molar-refractivity contribution in [3.05, 3.63) is 82.9 Å². The molecule has 0 saturated carbocycles. The van der Waals surface area contributed by atoms with Crippen molar-refractivity contribution in [1.82, 2.24) is 4.90 Å². The number of benzene rings is 3. The van der Waals surface area contributed by atoms with Gasteiger partial charge in [0.15, 0.2) is 17.3 Å². The Morgan fingerprint density at radius 1 is 0.900 bits per heavy atom. The number of carbonyl (C=O) groups is 2. The summed E-state index contributed by atoms with van der Waals surface area (Å²) in [5.74, 6) is 1.28. The summed E-state index contributed by atoms with van der Waals surface area (Å²) in [6.07, 6.45) is 0. The van der Waals surface area contributed by atoms with E-state index < -0.39 is 0 Å². The molecule has 1 aliphatic heterocycles. The van der Waals surface area contributed by atoms with Crippen LogP contribution in [0.15, 0.2) is 60.7 Å². The van der Waals surface area contributed by atoms with Gasteiger partial charge in [0.1, 0.15) is 13.2 Å². The molecule has 0 unspecified atom stereocenters. The smallest absolute Gasteiger partial charge is 0.254 e. The molecule has 150 valence electrons. The summed E-state index contributed by atoms with van der Waals surface area (Å²) >= 11 is 0. The van der Waals surface area contributed by atoms with E-state index in [1.54, 1.807) is 17.0 Å². The average Bonchev–Trinajstić information content (AvgIpc) is 3.09. The van der Waals surface area contributed by atoms with E-state index in [0.29, 0.717) is 54.5 Å². The number of carbonyl (C=O) groups excluding carboxylic acids is 2. The summed E-state index contributed by atoms with van der Waals surface area (Å²) in [4.78, 5) is 27.8. The molecule has 0 fully saturated rings. The monoisotopic (exact) mass is 399 g/mol. The second-order valence-corrected chi connectivity index (χ2v) is 7.40. The van der Waals surface area contributed by atoms with Crippen LogP contribution in [-0.2, 0) is 6.54 Å². The summed E-state index contributed by atoms with van der Waals surface area (Å²) < 4.78 is 11.4. The zero-order chi connectivity index (χ0) is 20.7. The molecule has 3 aromatic rings. The second kappa shape index (κ2) is 7.34. The van der Waals surface area contributed by atoms with Gasteiger partial charge in [0, 0.05) is 35.3 Å². The zero-order valence-corrected chi connectivity index (χ0v) is 16.7. The molecule has 5 heteroatoms. The largest absolute Gasteiger partial charge is 0.486 e. The first kappa shape index (κ1) is 18.4. The van der Waals surface area contributed by atoms with E-state index in [-0.39, 0.29) is 11.7 Å². The average molecular weight is 399 g/mol. The van der Waals surface area contributed by atoms with E-state index >= 15 is 0 Å². The van der Waals surface area contributed by atoms with Crippen LogP contribution in [0.5, 0.6) is 11.5 Å². The normalized spacial score (nSPS) is 13.6. The molecule has 0 saturated heterocycles. The molecule has 0 atom stereocenters. The zero-order valence-electron chi connectivity index (χ0n) is 16.7. The Bertz CT molecular complexity index is 1170. The third kappa shape index (κ3) is 2.94. The van der Waals surface area contributed by atoms with Gasteiger partial charge in [-0.05, 0) is 36.2 Å². The van der Waals surface area contributed by atoms with Crippen LogP contribution in [0, 0.1) is 0 Å². The summed E-state index contributed by atoms with van der Waals surface area (Å²) in [6.45, 7) is 3.91. The van der Waals surface area contributed by atoms with Crippen molar-refractivity contribution < 1.29 is 19.1 Å². The summed E-state index contributed by atoms with van der Waals surface area (Å²) in [7, 11) is 0. The first-order chi connectivity index (χ1) is 14.7. The molecule has 30 heavy (non-hydrogen) atoms. The molecule has 1 heterocycles. The first-order valence-corrected chi connectivity index (χ1v) is 10.1. The fourth-order valence-electron chi connectivity index (χ4n) is 4.14. The highest BCUT2D eigenvalue weighted by Crippen LogP contribution is 2.37.